The van der Waals surface area contributed by atoms with E-state index in [0.29, 0.717) is 23.9 Å². The van der Waals surface area contributed by atoms with Crippen LogP contribution in [0, 0.1) is 0 Å². The molecule has 1 fully saturated rings. The van der Waals surface area contributed by atoms with E-state index in [1.807, 2.05) is 65.6 Å². The van der Waals surface area contributed by atoms with Gasteiger partial charge in [-0.15, -0.1) is 0 Å². The Hall–Kier alpha value is -3.42. The van der Waals surface area contributed by atoms with Gasteiger partial charge in [-0.2, -0.15) is 0 Å². The summed E-state index contributed by atoms with van der Waals surface area (Å²) in [5.74, 6) is 1.12. The number of carbonyl (C=O) groups is 1. The van der Waals surface area contributed by atoms with Crippen LogP contribution in [0.2, 0.25) is 0 Å². The van der Waals surface area contributed by atoms with E-state index >= 15 is 0 Å². The third-order valence-electron chi connectivity index (χ3n) is 5.57. The van der Waals surface area contributed by atoms with Crippen molar-refractivity contribution in [3.8, 4) is 11.6 Å². The number of urea groups is 1. The van der Waals surface area contributed by atoms with Crippen molar-refractivity contribution in [1.29, 1.82) is 0 Å². The minimum atomic E-state index is -0.156. The molecule has 1 unspecified atom stereocenters. The molecule has 1 aliphatic rings. The van der Waals surface area contributed by atoms with E-state index in [9.17, 15) is 4.79 Å². The zero-order valence-corrected chi connectivity index (χ0v) is 18.9. The van der Waals surface area contributed by atoms with Crippen LogP contribution < -0.4 is 10.1 Å². The number of hydrogen-bond donors (Lipinski definition) is 1. The Morgan fingerprint density at radius 1 is 1.09 bits per heavy atom. The van der Waals surface area contributed by atoms with Crippen LogP contribution in [0.5, 0.6) is 11.6 Å². The second-order valence-corrected chi connectivity index (χ2v) is 8.10. The molecule has 172 valence electrons. The molecule has 1 atom stereocenters. The lowest BCUT2D eigenvalue weighted by atomic mass is 10.1. The predicted octanol–water partition coefficient (Wildman–Crippen LogP) is 4.63. The van der Waals surface area contributed by atoms with E-state index in [2.05, 4.69) is 22.1 Å². The fourth-order valence-electron chi connectivity index (χ4n) is 3.81. The Kier molecular flexibility index (Phi) is 7.90. The van der Waals surface area contributed by atoms with Crippen molar-refractivity contribution in [2.45, 2.75) is 19.5 Å². The number of aromatic nitrogens is 1. The molecule has 2 heterocycles. The number of rotatable bonds is 8. The molecule has 2 aromatic carbocycles. The minimum absolute atomic E-state index is 0.0187. The summed E-state index contributed by atoms with van der Waals surface area (Å²) < 4.78 is 11.3. The lowest BCUT2D eigenvalue weighted by Crippen LogP contribution is -2.49. The van der Waals surface area contributed by atoms with Crippen LogP contribution in [0.25, 0.3) is 0 Å². The number of hydrogen-bond acceptors (Lipinski definition) is 5. The summed E-state index contributed by atoms with van der Waals surface area (Å²) in [6.45, 7) is 6.65. The second-order valence-electron chi connectivity index (χ2n) is 8.10. The van der Waals surface area contributed by atoms with Gasteiger partial charge in [-0.05, 0) is 30.7 Å². The van der Waals surface area contributed by atoms with Gasteiger partial charge in [0.1, 0.15) is 5.75 Å². The molecule has 33 heavy (non-hydrogen) atoms. The van der Waals surface area contributed by atoms with Crippen molar-refractivity contribution in [3.05, 3.63) is 84.6 Å². The molecule has 4 rings (SSSR count). The number of amides is 2. The average Bonchev–Trinajstić information content (AvgIpc) is 2.84. The maximum absolute atomic E-state index is 13.4. The average molecular weight is 447 g/mol. The highest BCUT2D eigenvalue weighted by Crippen LogP contribution is 2.22. The van der Waals surface area contributed by atoms with Gasteiger partial charge in [0, 0.05) is 50.2 Å². The van der Waals surface area contributed by atoms with Crippen molar-refractivity contribution in [1.82, 2.24) is 14.8 Å². The summed E-state index contributed by atoms with van der Waals surface area (Å²) in [7, 11) is 0. The molecule has 0 bridgehead atoms. The fraction of sp³-hybridized carbons (Fsp3) is 0.308. The molecule has 0 aliphatic carbocycles. The second kappa shape index (κ2) is 11.4. The van der Waals surface area contributed by atoms with E-state index in [1.165, 1.54) is 0 Å². The number of benzene rings is 2. The van der Waals surface area contributed by atoms with E-state index in [-0.39, 0.29) is 12.1 Å². The number of nitrogens with zero attached hydrogens (tertiary/aromatic N) is 3. The van der Waals surface area contributed by atoms with Crippen LogP contribution in [-0.4, -0.2) is 59.7 Å². The predicted molar refractivity (Wildman–Crippen MR) is 128 cm³/mol. The lowest BCUT2D eigenvalue weighted by Gasteiger charge is -2.35. The molecule has 1 saturated heterocycles. The normalized spacial score (nSPS) is 14.9. The SMILES string of the molecule is CC(CN1CCOCC1)N(Cc1ccccc1)C(=O)Nc1ccnc(Oc2ccccc2)c1. The number of morpholine rings is 1. The summed E-state index contributed by atoms with van der Waals surface area (Å²) in [6, 6.07) is 22.9. The highest BCUT2D eigenvalue weighted by molar-refractivity contribution is 5.89. The molecule has 1 aliphatic heterocycles. The van der Waals surface area contributed by atoms with E-state index < -0.39 is 0 Å². The molecule has 0 spiro atoms. The summed E-state index contributed by atoms with van der Waals surface area (Å²) >= 11 is 0. The Labute approximate surface area is 195 Å². The van der Waals surface area contributed by atoms with Gasteiger partial charge in [-0.3, -0.25) is 4.90 Å². The van der Waals surface area contributed by atoms with Gasteiger partial charge >= 0.3 is 6.03 Å². The van der Waals surface area contributed by atoms with Gasteiger partial charge in [0.2, 0.25) is 5.88 Å². The molecule has 2 amide bonds. The van der Waals surface area contributed by atoms with E-state index in [1.54, 1.807) is 18.3 Å². The van der Waals surface area contributed by atoms with Crippen LogP contribution in [0.1, 0.15) is 12.5 Å². The topological polar surface area (TPSA) is 66.9 Å². The van der Waals surface area contributed by atoms with Crippen LogP contribution in [-0.2, 0) is 11.3 Å². The largest absolute Gasteiger partial charge is 0.439 e. The molecule has 1 aromatic heterocycles. The highest BCUT2D eigenvalue weighted by atomic mass is 16.5. The Morgan fingerprint density at radius 3 is 2.52 bits per heavy atom. The standard InChI is InChI=1S/C26H30N4O3/c1-21(19-29-14-16-32-17-15-29)30(20-22-8-4-2-5-9-22)26(31)28-23-12-13-27-25(18-23)33-24-10-6-3-7-11-24/h2-13,18,21H,14-17,19-20H2,1H3,(H,27,28,31). The first kappa shape index (κ1) is 22.8. The number of anilines is 1. The molecule has 1 N–H and O–H groups in total. The monoisotopic (exact) mass is 446 g/mol. The Balaban J connectivity index is 1.46. The van der Waals surface area contributed by atoms with E-state index in [4.69, 9.17) is 9.47 Å². The molecule has 7 heteroatoms. The zero-order valence-electron chi connectivity index (χ0n) is 18.9. The maximum Gasteiger partial charge on any atom is 0.322 e. The van der Waals surface area contributed by atoms with Crippen LogP contribution >= 0.6 is 0 Å². The molecule has 0 radical (unpaired) electrons. The summed E-state index contributed by atoms with van der Waals surface area (Å²) in [4.78, 5) is 21.9. The highest BCUT2D eigenvalue weighted by Gasteiger charge is 2.24. The van der Waals surface area contributed by atoms with Gasteiger partial charge in [0.05, 0.1) is 13.2 Å². The molecule has 0 saturated carbocycles. The first-order valence-electron chi connectivity index (χ1n) is 11.3. The Morgan fingerprint density at radius 2 is 1.79 bits per heavy atom. The van der Waals surface area contributed by atoms with Gasteiger partial charge in [0.15, 0.2) is 0 Å². The lowest BCUT2D eigenvalue weighted by molar-refractivity contribution is 0.0277. The molecule has 3 aromatic rings. The smallest absolute Gasteiger partial charge is 0.322 e. The summed E-state index contributed by atoms with van der Waals surface area (Å²) in [6.07, 6.45) is 1.63. The third-order valence-corrected chi connectivity index (χ3v) is 5.57. The number of para-hydroxylation sites is 1. The Bertz CT molecular complexity index is 1010. The molecular formula is C26H30N4O3. The number of nitrogens with one attached hydrogen (secondary N) is 1. The van der Waals surface area contributed by atoms with Crippen molar-refractivity contribution in [2.24, 2.45) is 0 Å². The number of pyridine rings is 1. The van der Waals surface area contributed by atoms with Crippen LogP contribution in [0.3, 0.4) is 0 Å². The van der Waals surface area contributed by atoms with Gasteiger partial charge in [-0.25, -0.2) is 9.78 Å². The van der Waals surface area contributed by atoms with Crippen LogP contribution in [0.4, 0.5) is 10.5 Å². The van der Waals surface area contributed by atoms with Gasteiger partial charge in [-0.1, -0.05) is 48.5 Å². The minimum Gasteiger partial charge on any atom is -0.439 e. The fourth-order valence-corrected chi connectivity index (χ4v) is 3.81. The summed E-state index contributed by atoms with van der Waals surface area (Å²) in [5.41, 5.74) is 1.72. The van der Waals surface area contributed by atoms with Crippen LogP contribution in [0.15, 0.2) is 79.0 Å². The third kappa shape index (κ3) is 6.78. The van der Waals surface area contributed by atoms with Gasteiger partial charge in [0.25, 0.3) is 0 Å². The van der Waals surface area contributed by atoms with Crippen molar-refractivity contribution >= 4 is 11.7 Å². The summed E-state index contributed by atoms with van der Waals surface area (Å²) in [5, 5.41) is 3.03. The van der Waals surface area contributed by atoms with Gasteiger partial charge < -0.3 is 19.7 Å². The zero-order chi connectivity index (χ0) is 22.9. The number of ether oxygens (including phenoxy) is 2. The molecule has 7 nitrogen and oxygen atoms in total. The van der Waals surface area contributed by atoms with Crippen molar-refractivity contribution < 1.29 is 14.3 Å². The number of carbonyl (C=O) groups excluding carboxylic acids is 1. The first-order chi connectivity index (χ1) is 16.2. The first-order valence-corrected chi connectivity index (χ1v) is 11.3. The van der Waals surface area contributed by atoms with Crippen molar-refractivity contribution in [2.75, 3.05) is 38.2 Å². The van der Waals surface area contributed by atoms with E-state index in [0.717, 1.165) is 38.4 Å². The molecular weight excluding hydrogens is 416 g/mol. The maximum atomic E-state index is 13.4. The quantitative estimate of drug-likeness (QED) is 0.547. The van der Waals surface area contributed by atoms with Crippen molar-refractivity contribution in [3.63, 3.8) is 0 Å².